The Balaban J connectivity index is 1.79. The number of rotatable bonds is 4. The van der Waals surface area contributed by atoms with Crippen molar-refractivity contribution in [3.63, 3.8) is 0 Å². The number of benzene rings is 1. The molecule has 0 aromatic heterocycles. The second-order valence-corrected chi connectivity index (χ2v) is 6.56. The van der Waals surface area contributed by atoms with Crippen LogP contribution in [0.25, 0.3) is 0 Å². The number of hydrogen-bond acceptors (Lipinski definition) is 3. The van der Waals surface area contributed by atoms with Crippen molar-refractivity contribution in [3.05, 3.63) is 28.7 Å². The lowest BCUT2D eigenvalue weighted by atomic mass is 9.90. The van der Waals surface area contributed by atoms with E-state index in [0.29, 0.717) is 6.54 Å². The van der Waals surface area contributed by atoms with Crippen LogP contribution in [-0.4, -0.2) is 43.0 Å². The Morgan fingerprint density at radius 3 is 2.45 bits per heavy atom. The molecule has 0 spiro atoms. The van der Waals surface area contributed by atoms with Crippen LogP contribution in [0, 0.1) is 0 Å². The SMILES string of the molecule is CNC1(C)CCN(CC(=O)Nc2ccc(Br)cc2)CC1. The number of nitrogens with zero attached hydrogens (tertiary/aromatic N) is 1. The molecule has 110 valence electrons. The van der Waals surface area contributed by atoms with Crippen molar-refractivity contribution in [2.24, 2.45) is 0 Å². The normalized spacial score (nSPS) is 18.8. The summed E-state index contributed by atoms with van der Waals surface area (Å²) < 4.78 is 1.01. The van der Waals surface area contributed by atoms with Gasteiger partial charge in [0.15, 0.2) is 0 Å². The van der Waals surface area contributed by atoms with Gasteiger partial charge in [-0.05, 0) is 51.1 Å². The number of amides is 1. The highest BCUT2D eigenvalue weighted by Crippen LogP contribution is 2.21. The number of carbonyl (C=O) groups excluding carboxylic acids is 1. The van der Waals surface area contributed by atoms with Crippen LogP contribution >= 0.6 is 15.9 Å². The van der Waals surface area contributed by atoms with Gasteiger partial charge in [0, 0.05) is 28.8 Å². The molecule has 1 aromatic rings. The minimum atomic E-state index is 0.0559. The Hall–Kier alpha value is -0.910. The predicted molar refractivity (Wildman–Crippen MR) is 85.9 cm³/mol. The molecule has 1 aliphatic rings. The molecule has 0 unspecified atom stereocenters. The lowest BCUT2D eigenvalue weighted by Gasteiger charge is -2.39. The largest absolute Gasteiger partial charge is 0.325 e. The summed E-state index contributed by atoms with van der Waals surface area (Å²) >= 11 is 3.38. The van der Waals surface area contributed by atoms with Gasteiger partial charge in [0.1, 0.15) is 0 Å². The number of likely N-dealkylation sites (tertiary alicyclic amines) is 1. The minimum Gasteiger partial charge on any atom is -0.325 e. The molecule has 1 fully saturated rings. The Morgan fingerprint density at radius 2 is 1.90 bits per heavy atom. The molecule has 1 aliphatic heterocycles. The van der Waals surface area contributed by atoms with Gasteiger partial charge in [0.05, 0.1) is 6.54 Å². The molecular weight excluding hydrogens is 318 g/mol. The summed E-state index contributed by atoms with van der Waals surface area (Å²) in [5.74, 6) is 0.0559. The van der Waals surface area contributed by atoms with Gasteiger partial charge in [-0.2, -0.15) is 0 Å². The lowest BCUT2D eigenvalue weighted by molar-refractivity contribution is -0.117. The van der Waals surface area contributed by atoms with Gasteiger partial charge in [-0.1, -0.05) is 15.9 Å². The van der Waals surface area contributed by atoms with Gasteiger partial charge >= 0.3 is 0 Å². The van der Waals surface area contributed by atoms with Crippen LogP contribution in [-0.2, 0) is 4.79 Å². The molecule has 2 rings (SSSR count). The van der Waals surface area contributed by atoms with E-state index in [0.717, 1.165) is 36.1 Å². The summed E-state index contributed by atoms with van der Waals surface area (Å²) in [6.07, 6.45) is 2.16. The van der Waals surface area contributed by atoms with Crippen LogP contribution in [0.2, 0.25) is 0 Å². The molecule has 20 heavy (non-hydrogen) atoms. The fourth-order valence-corrected chi connectivity index (χ4v) is 2.66. The van der Waals surface area contributed by atoms with Gasteiger partial charge in [0.2, 0.25) is 5.91 Å². The maximum Gasteiger partial charge on any atom is 0.238 e. The molecule has 0 saturated carbocycles. The van der Waals surface area contributed by atoms with Crippen molar-refractivity contribution in [2.45, 2.75) is 25.3 Å². The Labute approximate surface area is 129 Å². The van der Waals surface area contributed by atoms with Crippen molar-refractivity contribution in [2.75, 3.05) is 32.0 Å². The van der Waals surface area contributed by atoms with Crippen molar-refractivity contribution in [1.82, 2.24) is 10.2 Å². The second-order valence-electron chi connectivity index (χ2n) is 5.64. The van der Waals surface area contributed by atoms with Gasteiger partial charge < -0.3 is 10.6 Å². The first-order valence-electron chi connectivity index (χ1n) is 6.97. The van der Waals surface area contributed by atoms with Crippen molar-refractivity contribution >= 4 is 27.5 Å². The van der Waals surface area contributed by atoms with E-state index in [2.05, 4.69) is 38.4 Å². The number of anilines is 1. The molecule has 0 radical (unpaired) electrons. The first kappa shape index (κ1) is 15.5. The standard InChI is InChI=1S/C15H22BrN3O/c1-15(17-2)7-9-19(10-8-15)11-14(20)18-13-5-3-12(16)4-6-13/h3-6,17H,7-11H2,1-2H3,(H,18,20). The molecule has 0 aliphatic carbocycles. The summed E-state index contributed by atoms with van der Waals surface area (Å²) in [6, 6.07) is 7.65. The summed E-state index contributed by atoms with van der Waals surface area (Å²) in [5.41, 5.74) is 1.06. The maximum absolute atomic E-state index is 12.0. The van der Waals surface area contributed by atoms with E-state index in [4.69, 9.17) is 0 Å². The van der Waals surface area contributed by atoms with E-state index in [1.165, 1.54) is 0 Å². The minimum absolute atomic E-state index is 0.0559. The highest BCUT2D eigenvalue weighted by molar-refractivity contribution is 9.10. The van der Waals surface area contributed by atoms with E-state index < -0.39 is 0 Å². The Morgan fingerprint density at radius 1 is 1.30 bits per heavy atom. The van der Waals surface area contributed by atoms with E-state index in [9.17, 15) is 4.79 Å². The lowest BCUT2D eigenvalue weighted by Crippen LogP contribution is -2.51. The highest BCUT2D eigenvalue weighted by Gasteiger charge is 2.28. The summed E-state index contributed by atoms with van der Waals surface area (Å²) in [4.78, 5) is 14.2. The molecule has 1 aromatic carbocycles. The number of carbonyl (C=O) groups is 1. The zero-order valence-corrected chi connectivity index (χ0v) is 13.7. The summed E-state index contributed by atoms with van der Waals surface area (Å²) in [7, 11) is 2.01. The Kier molecular flexibility index (Phi) is 5.18. The smallest absolute Gasteiger partial charge is 0.238 e. The topological polar surface area (TPSA) is 44.4 Å². The van der Waals surface area contributed by atoms with Crippen LogP contribution in [0.5, 0.6) is 0 Å². The first-order chi connectivity index (χ1) is 9.50. The Bertz CT molecular complexity index is 453. The second kappa shape index (κ2) is 6.70. The molecule has 1 saturated heterocycles. The first-order valence-corrected chi connectivity index (χ1v) is 7.77. The van der Waals surface area contributed by atoms with Crippen molar-refractivity contribution in [3.8, 4) is 0 Å². The number of piperidine rings is 1. The third-order valence-corrected chi connectivity index (χ3v) is 4.59. The molecule has 5 heteroatoms. The quantitative estimate of drug-likeness (QED) is 0.885. The van der Waals surface area contributed by atoms with Crippen LogP contribution in [0.4, 0.5) is 5.69 Å². The fraction of sp³-hybridized carbons (Fsp3) is 0.533. The van der Waals surface area contributed by atoms with E-state index >= 15 is 0 Å². The van der Waals surface area contributed by atoms with Gasteiger partial charge in [-0.3, -0.25) is 9.69 Å². The zero-order valence-electron chi connectivity index (χ0n) is 12.1. The molecule has 1 amide bonds. The molecule has 1 heterocycles. The monoisotopic (exact) mass is 339 g/mol. The molecule has 0 bridgehead atoms. The van der Waals surface area contributed by atoms with E-state index in [1.54, 1.807) is 0 Å². The maximum atomic E-state index is 12.0. The van der Waals surface area contributed by atoms with Gasteiger partial charge in [-0.15, -0.1) is 0 Å². The van der Waals surface area contributed by atoms with Crippen LogP contribution in [0.15, 0.2) is 28.7 Å². The molecule has 4 nitrogen and oxygen atoms in total. The fourth-order valence-electron chi connectivity index (χ4n) is 2.39. The van der Waals surface area contributed by atoms with Gasteiger partial charge in [0.25, 0.3) is 0 Å². The highest BCUT2D eigenvalue weighted by atomic mass is 79.9. The number of halogens is 1. The third-order valence-electron chi connectivity index (χ3n) is 4.06. The van der Waals surface area contributed by atoms with Crippen LogP contribution in [0.3, 0.4) is 0 Å². The molecular formula is C15H22BrN3O. The zero-order chi connectivity index (χ0) is 14.6. The molecule has 2 N–H and O–H groups in total. The average molecular weight is 340 g/mol. The van der Waals surface area contributed by atoms with Crippen molar-refractivity contribution < 1.29 is 4.79 Å². The van der Waals surface area contributed by atoms with E-state index in [1.807, 2.05) is 31.3 Å². The predicted octanol–water partition coefficient (Wildman–Crippen LogP) is 2.46. The number of hydrogen-bond donors (Lipinski definition) is 2. The van der Waals surface area contributed by atoms with Crippen LogP contribution in [0.1, 0.15) is 19.8 Å². The average Bonchev–Trinajstić information content (AvgIpc) is 2.44. The van der Waals surface area contributed by atoms with Gasteiger partial charge in [-0.25, -0.2) is 0 Å². The summed E-state index contributed by atoms with van der Waals surface area (Å²) in [5, 5.41) is 6.30. The van der Waals surface area contributed by atoms with E-state index in [-0.39, 0.29) is 11.4 Å². The van der Waals surface area contributed by atoms with Crippen LogP contribution < -0.4 is 10.6 Å². The molecule has 0 atom stereocenters. The summed E-state index contributed by atoms with van der Waals surface area (Å²) in [6.45, 7) is 4.64. The van der Waals surface area contributed by atoms with Crippen molar-refractivity contribution in [1.29, 1.82) is 0 Å². The number of nitrogens with one attached hydrogen (secondary N) is 2. The third kappa shape index (κ3) is 4.30.